The topological polar surface area (TPSA) is 69.6 Å². The largest absolute Gasteiger partial charge is 0.390 e. The van der Waals surface area contributed by atoms with Gasteiger partial charge in [0.05, 0.1) is 17.9 Å². The molecule has 1 aromatic rings. The lowest BCUT2D eigenvalue weighted by atomic mass is 10.2. The Hall–Kier alpha value is -1.02. The third-order valence-electron chi connectivity index (χ3n) is 3.32. The van der Waals surface area contributed by atoms with Crippen LogP contribution in [0.2, 0.25) is 0 Å². The van der Waals surface area contributed by atoms with Gasteiger partial charge >= 0.3 is 0 Å². The van der Waals surface area contributed by atoms with E-state index in [2.05, 4.69) is 5.32 Å². The van der Waals surface area contributed by atoms with E-state index in [0.29, 0.717) is 18.7 Å². The van der Waals surface area contributed by atoms with Gasteiger partial charge in [0, 0.05) is 20.1 Å². The Kier molecular flexibility index (Phi) is 4.19. The summed E-state index contributed by atoms with van der Waals surface area (Å²) in [5.41, 5.74) is 0.522. The van der Waals surface area contributed by atoms with Gasteiger partial charge < -0.3 is 10.4 Å². The predicted molar refractivity (Wildman–Crippen MR) is 69.5 cm³/mol. The number of hydrogen-bond donors (Lipinski definition) is 2. The van der Waals surface area contributed by atoms with Crippen LogP contribution in [0, 0.1) is 5.82 Å². The maximum atomic E-state index is 12.8. The molecule has 1 aliphatic heterocycles. The number of nitrogens with zero attached hydrogens (tertiary/aromatic N) is 1. The number of sulfonamides is 1. The smallest absolute Gasteiger partial charge is 0.218 e. The molecular weight excluding hydrogens is 271 g/mol. The van der Waals surface area contributed by atoms with Crippen molar-refractivity contribution < 1.29 is 17.9 Å². The molecule has 0 saturated carbocycles. The Balaban J connectivity index is 2.11. The summed E-state index contributed by atoms with van der Waals surface area (Å²) >= 11 is 0. The first-order valence-corrected chi connectivity index (χ1v) is 7.60. The van der Waals surface area contributed by atoms with Crippen LogP contribution in [-0.4, -0.2) is 50.1 Å². The first-order chi connectivity index (χ1) is 8.90. The number of halogens is 1. The van der Waals surface area contributed by atoms with Gasteiger partial charge in [-0.15, -0.1) is 0 Å². The highest BCUT2D eigenvalue weighted by atomic mass is 32.2. The van der Waals surface area contributed by atoms with Crippen molar-refractivity contribution in [1.29, 1.82) is 0 Å². The number of benzene rings is 1. The van der Waals surface area contributed by atoms with Gasteiger partial charge in [-0.3, -0.25) is 0 Å². The molecule has 0 amide bonds. The van der Waals surface area contributed by atoms with Gasteiger partial charge in [-0.1, -0.05) is 12.1 Å². The van der Waals surface area contributed by atoms with Gasteiger partial charge in [0.2, 0.25) is 10.0 Å². The van der Waals surface area contributed by atoms with Crippen LogP contribution in [-0.2, 0) is 15.8 Å². The van der Waals surface area contributed by atoms with E-state index < -0.39 is 28.0 Å². The zero-order valence-electron chi connectivity index (χ0n) is 10.6. The molecule has 1 aliphatic rings. The van der Waals surface area contributed by atoms with Crippen LogP contribution in [0.1, 0.15) is 5.56 Å². The third-order valence-corrected chi connectivity index (χ3v) is 5.17. The summed E-state index contributed by atoms with van der Waals surface area (Å²) in [5.74, 6) is -0.600. The fraction of sp³-hybridized carbons (Fsp3) is 0.500. The zero-order chi connectivity index (χ0) is 14.0. The number of aliphatic hydroxyl groups excluding tert-OH is 1. The highest BCUT2D eigenvalue weighted by Crippen LogP contribution is 2.16. The number of nitrogens with one attached hydrogen (secondary N) is 1. The standard InChI is InChI=1S/C12H17FN2O3S/c1-15(11-6-14-7-12(11)16)19(17,18)8-9-2-4-10(13)5-3-9/h2-5,11-12,14,16H,6-8H2,1H3/t11-,12-/m1/s1. The van der Waals surface area contributed by atoms with E-state index in [1.165, 1.54) is 35.6 Å². The number of β-amino-alcohol motifs (C(OH)–C–C–N with tert-alkyl or cyclic N) is 1. The van der Waals surface area contributed by atoms with Crippen LogP contribution < -0.4 is 5.32 Å². The van der Waals surface area contributed by atoms with Crippen LogP contribution in [0.5, 0.6) is 0 Å². The Bertz CT molecular complexity index is 532. The average molecular weight is 288 g/mol. The monoisotopic (exact) mass is 288 g/mol. The second kappa shape index (κ2) is 5.54. The van der Waals surface area contributed by atoms with Crippen molar-refractivity contribution >= 4 is 10.0 Å². The van der Waals surface area contributed by atoms with E-state index >= 15 is 0 Å². The maximum absolute atomic E-state index is 12.8. The van der Waals surface area contributed by atoms with Crippen molar-refractivity contribution in [3.63, 3.8) is 0 Å². The number of rotatable bonds is 4. The highest BCUT2D eigenvalue weighted by Gasteiger charge is 2.34. The molecule has 1 saturated heterocycles. The normalized spacial score (nSPS) is 24.0. The summed E-state index contributed by atoms with van der Waals surface area (Å²) in [5, 5.41) is 12.6. The molecule has 2 N–H and O–H groups in total. The van der Waals surface area contributed by atoms with Crippen molar-refractivity contribution in [3.05, 3.63) is 35.6 Å². The van der Waals surface area contributed by atoms with E-state index in [-0.39, 0.29) is 5.75 Å². The molecule has 19 heavy (non-hydrogen) atoms. The lowest BCUT2D eigenvalue weighted by molar-refractivity contribution is 0.136. The van der Waals surface area contributed by atoms with Crippen LogP contribution in [0.15, 0.2) is 24.3 Å². The third kappa shape index (κ3) is 3.30. The summed E-state index contributed by atoms with van der Waals surface area (Å²) in [6.07, 6.45) is -0.701. The molecule has 0 unspecified atom stereocenters. The lowest BCUT2D eigenvalue weighted by Gasteiger charge is -2.25. The van der Waals surface area contributed by atoms with Crippen molar-refractivity contribution in [1.82, 2.24) is 9.62 Å². The molecule has 0 aromatic heterocycles. The lowest BCUT2D eigenvalue weighted by Crippen LogP contribution is -2.44. The SMILES string of the molecule is CN([C@@H]1CNC[C@H]1O)S(=O)(=O)Cc1ccc(F)cc1. The minimum atomic E-state index is -3.53. The van der Waals surface area contributed by atoms with Crippen molar-refractivity contribution in [2.75, 3.05) is 20.1 Å². The van der Waals surface area contributed by atoms with Gasteiger partial charge in [0.25, 0.3) is 0 Å². The molecule has 0 bridgehead atoms. The Morgan fingerprint density at radius 3 is 2.53 bits per heavy atom. The molecular formula is C12H17FN2O3S. The summed E-state index contributed by atoms with van der Waals surface area (Å²) in [4.78, 5) is 0. The van der Waals surface area contributed by atoms with Crippen molar-refractivity contribution in [2.45, 2.75) is 17.9 Å². The number of hydrogen-bond acceptors (Lipinski definition) is 4. The second-order valence-corrected chi connectivity index (χ2v) is 6.72. The molecule has 1 aromatic carbocycles. The summed E-state index contributed by atoms with van der Waals surface area (Å²) in [7, 11) is -2.07. The second-order valence-electron chi connectivity index (χ2n) is 4.69. The highest BCUT2D eigenvalue weighted by molar-refractivity contribution is 7.88. The maximum Gasteiger partial charge on any atom is 0.218 e. The molecule has 5 nitrogen and oxygen atoms in total. The van der Waals surface area contributed by atoms with Gasteiger partial charge in [0.1, 0.15) is 5.82 Å². The van der Waals surface area contributed by atoms with E-state index in [0.717, 1.165) is 0 Å². The van der Waals surface area contributed by atoms with Crippen LogP contribution in [0.25, 0.3) is 0 Å². The first-order valence-electron chi connectivity index (χ1n) is 5.99. The molecule has 106 valence electrons. The Morgan fingerprint density at radius 1 is 1.37 bits per heavy atom. The molecule has 0 spiro atoms. The number of likely N-dealkylation sites (N-methyl/N-ethyl adjacent to an activating group) is 1. The quantitative estimate of drug-likeness (QED) is 0.813. The van der Waals surface area contributed by atoms with Crippen molar-refractivity contribution in [2.24, 2.45) is 0 Å². The van der Waals surface area contributed by atoms with Crippen LogP contribution in [0.3, 0.4) is 0 Å². The van der Waals surface area contributed by atoms with Gasteiger partial charge in [-0.05, 0) is 17.7 Å². The summed E-state index contributed by atoms with van der Waals surface area (Å²) < 4.78 is 38.4. The minimum absolute atomic E-state index is 0.201. The molecule has 7 heteroatoms. The number of aliphatic hydroxyl groups is 1. The minimum Gasteiger partial charge on any atom is -0.390 e. The van der Waals surface area contributed by atoms with Crippen LogP contribution in [0.4, 0.5) is 4.39 Å². The Labute approximate surface area is 112 Å². The first kappa shape index (κ1) is 14.4. The molecule has 2 rings (SSSR count). The molecule has 1 fully saturated rings. The average Bonchev–Trinajstić information content (AvgIpc) is 2.77. The summed E-state index contributed by atoms with van der Waals surface area (Å²) in [6.45, 7) is 0.821. The van der Waals surface area contributed by atoms with E-state index in [1.807, 2.05) is 0 Å². The zero-order valence-corrected chi connectivity index (χ0v) is 11.4. The molecule has 0 aliphatic carbocycles. The van der Waals surface area contributed by atoms with E-state index in [9.17, 15) is 17.9 Å². The van der Waals surface area contributed by atoms with Crippen LogP contribution >= 0.6 is 0 Å². The fourth-order valence-corrected chi connectivity index (χ4v) is 3.57. The molecule has 2 atom stereocenters. The van der Waals surface area contributed by atoms with E-state index in [1.54, 1.807) is 0 Å². The van der Waals surface area contributed by atoms with Gasteiger partial charge in [-0.25, -0.2) is 12.8 Å². The molecule has 1 heterocycles. The summed E-state index contributed by atoms with van der Waals surface area (Å²) in [6, 6.07) is 4.91. The van der Waals surface area contributed by atoms with Gasteiger partial charge in [-0.2, -0.15) is 4.31 Å². The van der Waals surface area contributed by atoms with Gasteiger partial charge in [0.15, 0.2) is 0 Å². The molecule has 0 radical (unpaired) electrons. The predicted octanol–water partition coefficient (Wildman–Crippen LogP) is -0.0800. The van der Waals surface area contributed by atoms with Crippen molar-refractivity contribution in [3.8, 4) is 0 Å². The van der Waals surface area contributed by atoms with E-state index in [4.69, 9.17) is 0 Å². The Morgan fingerprint density at radius 2 is 2.00 bits per heavy atom. The fourth-order valence-electron chi connectivity index (χ4n) is 2.12.